The van der Waals surface area contributed by atoms with E-state index in [0.717, 1.165) is 45.0 Å². The normalized spacial score (nSPS) is 17.4. The molecule has 1 amide bonds. The Labute approximate surface area is 366 Å². The number of carbonyl (C=O) groups excluding carboxylic acids is 5. The number of hydrogen-bond donors (Lipinski definition) is 1. The van der Waals surface area contributed by atoms with Crippen LogP contribution in [0.5, 0.6) is 0 Å². The fraction of sp³-hybridized carbons (Fsp3) is 0.295. The molecule has 0 saturated carbocycles. The molecule has 4 aromatic rings. The third-order valence-corrected chi connectivity index (χ3v) is 11.5. The monoisotopic (exact) mass is 885 g/mol. The van der Waals surface area contributed by atoms with Gasteiger partial charge in [0.1, 0.15) is 17.5 Å². The third-order valence-electron chi connectivity index (χ3n) is 9.47. The highest BCUT2D eigenvalue weighted by atomic mass is 35.5. The molecule has 1 aliphatic rings. The maximum Gasteiger partial charge on any atom is 0.303 e. The Morgan fingerprint density at radius 2 is 1.37 bits per heavy atom. The van der Waals surface area contributed by atoms with E-state index in [1.54, 1.807) is 54.6 Å². The molecule has 18 heteroatoms. The maximum absolute atomic E-state index is 15.4. The van der Waals surface area contributed by atoms with Crippen LogP contribution in [-0.2, 0) is 54.2 Å². The van der Waals surface area contributed by atoms with E-state index < -0.39 is 70.3 Å². The van der Waals surface area contributed by atoms with E-state index in [9.17, 15) is 29.3 Å². The van der Waals surface area contributed by atoms with Gasteiger partial charge in [0.25, 0.3) is 5.69 Å². The van der Waals surface area contributed by atoms with Gasteiger partial charge in [-0.1, -0.05) is 84.0 Å². The maximum atomic E-state index is 15.4. The highest BCUT2D eigenvalue weighted by molar-refractivity contribution is 8.04. The number of rotatable bonds is 18. The van der Waals surface area contributed by atoms with Crippen LogP contribution in [-0.4, -0.2) is 71.6 Å². The lowest BCUT2D eigenvalue weighted by Gasteiger charge is -2.38. The van der Waals surface area contributed by atoms with Gasteiger partial charge in [-0.05, 0) is 53.9 Å². The van der Waals surface area contributed by atoms with Gasteiger partial charge in [0.2, 0.25) is 5.91 Å². The van der Waals surface area contributed by atoms with E-state index in [1.807, 2.05) is 42.3 Å². The predicted molar refractivity (Wildman–Crippen MR) is 230 cm³/mol. The molecule has 1 N–H and O–H groups in total. The molecular formula is C44H44ClN5O11S. The minimum Gasteiger partial charge on any atom is -0.462 e. The molecule has 0 radical (unpaired) electrons. The number of benzene rings is 4. The largest absolute Gasteiger partial charge is 0.462 e. The van der Waals surface area contributed by atoms with Crippen molar-refractivity contribution in [3.63, 3.8) is 0 Å². The topological polar surface area (TPSA) is 205 Å². The number of thioether (sulfide) groups is 1. The van der Waals surface area contributed by atoms with Gasteiger partial charge in [0.15, 0.2) is 12.2 Å². The summed E-state index contributed by atoms with van der Waals surface area (Å²) >= 11 is 7.34. The molecule has 4 aromatic carbocycles. The molecule has 0 aromatic heterocycles. The van der Waals surface area contributed by atoms with Crippen LogP contribution in [0.15, 0.2) is 130 Å². The molecule has 1 heterocycles. The Kier molecular flexibility index (Phi) is 15.9. The van der Waals surface area contributed by atoms with Gasteiger partial charge in [-0.15, -0.1) is 0 Å². The Hall–Kier alpha value is -6.59. The summed E-state index contributed by atoms with van der Waals surface area (Å²) in [6, 6.07) is 30.2. The van der Waals surface area contributed by atoms with Crippen molar-refractivity contribution < 1.29 is 47.8 Å². The number of nitro benzene ring substituents is 1. The Morgan fingerprint density at radius 3 is 1.94 bits per heavy atom. The summed E-state index contributed by atoms with van der Waals surface area (Å²) in [5, 5.41) is 24.8. The van der Waals surface area contributed by atoms with Gasteiger partial charge in [0, 0.05) is 70.0 Å². The summed E-state index contributed by atoms with van der Waals surface area (Å²) in [5.74, 6) is -4.93. The van der Waals surface area contributed by atoms with Gasteiger partial charge in [0.05, 0.1) is 21.3 Å². The van der Waals surface area contributed by atoms with Gasteiger partial charge in [-0.25, -0.2) is 0 Å². The molecular weight excluding hydrogens is 842 g/mol. The number of nitro groups is 1. The first-order chi connectivity index (χ1) is 29.6. The van der Waals surface area contributed by atoms with Crippen molar-refractivity contribution in [1.82, 2.24) is 4.90 Å². The summed E-state index contributed by atoms with van der Waals surface area (Å²) < 4.78 is 20.8. The van der Waals surface area contributed by atoms with Crippen LogP contribution in [0.4, 0.5) is 17.1 Å². The zero-order valence-electron chi connectivity index (χ0n) is 34.4. The summed E-state index contributed by atoms with van der Waals surface area (Å²) in [6.07, 6.45) is -4.89. The van der Waals surface area contributed by atoms with Crippen LogP contribution in [0.3, 0.4) is 0 Å². The number of non-ortho nitro benzene ring substituents is 1. The van der Waals surface area contributed by atoms with Crippen molar-refractivity contribution in [2.75, 3.05) is 19.0 Å². The molecule has 1 aliphatic heterocycles. The lowest BCUT2D eigenvalue weighted by Crippen LogP contribution is -2.50. The Balaban J connectivity index is 1.80. The minimum atomic E-state index is -1.70. The summed E-state index contributed by atoms with van der Waals surface area (Å²) in [4.78, 5) is 78.7. The first-order valence-corrected chi connectivity index (χ1v) is 20.4. The molecule has 5 atom stereocenters. The van der Waals surface area contributed by atoms with E-state index >= 15 is 4.79 Å². The van der Waals surface area contributed by atoms with Crippen LogP contribution in [0.1, 0.15) is 45.2 Å². The van der Waals surface area contributed by atoms with Crippen LogP contribution in [0.25, 0.3) is 0 Å². The molecule has 62 heavy (non-hydrogen) atoms. The van der Waals surface area contributed by atoms with E-state index in [-0.39, 0.29) is 23.5 Å². The number of amides is 1. The average Bonchev–Trinajstić information content (AvgIpc) is 3.56. The van der Waals surface area contributed by atoms with Gasteiger partial charge in [-0.2, -0.15) is 10.2 Å². The zero-order valence-corrected chi connectivity index (χ0v) is 36.0. The number of carbonyl (C=O) groups is 5. The van der Waals surface area contributed by atoms with Crippen molar-refractivity contribution in [2.45, 2.75) is 63.7 Å². The second kappa shape index (κ2) is 21.3. The molecule has 0 unspecified atom stereocenters. The Bertz CT molecular complexity index is 2310. The number of allylic oxidation sites excluding steroid dienone is 1. The second-order valence-corrected chi connectivity index (χ2v) is 15.8. The number of esters is 4. The predicted octanol–water partition coefficient (Wildman–Crippen LogP) is 8.28. The number of ether oxygens (including phenoxy) is 4. The van der Waals surface area contributed by atoms with Crippen LogP contribution >= 0.6 is 23.4 Å². The van der Waals surface area contributed by atoms with Gasteiger partial charge in [-0.3, -0.25) is 34.1 Å². The number of anilines is 1. The van der Waals surface area contributed by atoms with Crippen molar-refractivity contribution >= 4 is 70.2 Å². The minimum absolute atomic E-state index is 0.193. The molecule has 16 nitrogen and oxygen atoms in total. The number of nitrogens with zero attached hydrogens (tertiary/aromatic N) is 4. The van der Waals surface area contributed by atoms with E-state index in [1.165, 1.54) is 24.3 Å². The molecule has 0 spiro atoms. The lowest BCUT2D eigenvalue weighted by atomic mass is 9.78. The average molecular weight is 886 g/mol. The summed E-state index contributed by atoms with van der Waals surface area (Å²) in [5.41, 5.74) is 2.10. The van der Waals surface area contributed by atoms with Crippen molar-refractivity contribution in [3.8, 4) is 0 Å². The van der Waals surface area contributed by atoms with E-state index in [4.69, 9.17) is 35.7 Å². The SMILES string of the molecule is CC(=O)OC[C@@H](OC(C)=O)[C@@H](OC(C)=O)[C@@H](C[C@H]1C(N=Nc2ccc(Cl)cc2)=C(N(C)Cc2ccccc2)S[C@@]1(C(=O)Nc1ccc([N+](=O)[O-])cc1)c1ccccc1)OC(C)=O. The quantitative estimate of drug-likeness (QED) is 0.0329. The number of azo groups is 1. The zero-order chi connectivity index (χ0) is 45.0. The highest BCUT2D eigenvalue weighted by Crippen LogP contribution is 2.60. The molecule has 324 valence electrons. The first-order valence-electron chi connectivity index (χ1n) is 19.2. The van der Waals surface area contributed by atoms with Crippen LogP contribution < -0.4 is 5.32 Å². The molecule has 0 bridgehead atoms. The smallest absolute Gasteiger partial charge is 0.303 e. The van der Waals surface area contributed by atoms with Gasteiger partial charge < -0.3 is 29.2 Å². The highest BCUT2D eigenvalue weighted by Gasteiger charge is 2.58. The van der Waals surface area contributed by atoms with Gasteiger partial charge >= 0.3 is 23.9 Å². The van der Waals surface area contributed by atoms with Crippen molar-refractivity contribution in [1.29, 1.82) is 0 Å². The third kappa shape index (κ3) is 12.0. The molecule has 0 aliphatic carbocycles. The second-order valence-electron chi connectivity index (χ2n) is 14.1. The fourth-order valence-corrected chi connectivity index (χ4v) is 8.57. The van der Waals surface area contributed by atoms with Crippen LogP contribution in [0, 0.1) is 16.0 Å². The van der Waals surface area contributed by atoms with Crippen LogP contribution in [0.2, 0.25) is 5.02 Å². The van der Waals surface area contributed by atoms with Crippen molar-refractivity contribution in [2.24, 2.45) is 16.1 Å². The molecule has 0 fully saturated rings. The molecule has 5 rings (SSSR count). The Morgan fingerprint density at radius 1 is 0.790 bits per heavy atom. The lowest BCUT2D eigenvalue weighted by molar-refractivity contribution is -0.384. The number of nitrogens with one attached hydrogen (secondary N) is 1. The fourth-order valence-electron chi connectivity index (χ4n) is 6.89. The number of halogens is 1. The standard InChI is InChI=1S/C44H44ClN5O11S/c1-27(51)58-26-39(60-29(3)53)41(61-30(4)54)38(59-28(2)52)24-37-40(48-47-35-18-16-33(45)17-19-35)42(49(5)25-31-12-8-6-9-13-31)62-44(37,32-14-10-7-11-15-32)43(55)46-34-20-22-36(23-21-34)50(56)57/h6-23,37-39,41H,24-26H2,1-5H3,(H,46,55)/t37-,38+,39+,41-,44-/m0/s1. The number of hydrogen-bond acceptors (Lipinski definition) is 15. The van der Waals surface area contributed by atoms with E-state index in [0.29, 0.717) is 27.8 Å². The summed E-state index contributed by atoms with van der Waals surface area (Å²) in [7, 11) is 1.82. The summed E-state index contributed by atoms with van der Waals surface area (Å²) in [6.45, 7) is 4.24. The first kappa shape index (κ1) is 46.5. The van der Waals surface area contributed by atoms with E-state index in [2.05, 4.69) is 10.4 Å². The van der Waals surface area contributed by atoms with Crippen molar-refractivity contribution in [3.05, 3.63) is 146 Å². The molecule has 0 saturated heterocycles.